The zero-order valence-electron chi connectivity index (χ0n) is 19.0. The van der Waals surface area contributed by atoms with Crippen molar-refractivity contribution in [2.75, 3.05) is 38.9 Å². The molecule has 3 rings (SSSR count). The highest BCUT2D eigenvalue weighted by molar-refractivity contribution is 6.01. The van der Waals surface area contributed by atoms with Crippen LogP contribution < -0.4 is 5.32 Å². The molecule has 0 aliphatic carbocycles. The van der Waals surface area contributed by atoms with Gasteiger partial charge in [0.2, 0.25) is 0 Å². The van der Waals surface area contributed by atoms with Gasteiger partial charge in [0.05, 0.1) is 31.5 Å². The Bertz CT molecular complexity index is 1140. The van der Waals surface area contributed by atoms with Crippen molar-refractivity contribution < 1.29 is 23.8 Å². The van der Waals surface area contributed by atoms with Crippen molar-refractivity contribution in [3.8, 4) is 5.82 Å². The Hall–Kier alpha value is -3.30. The molecule has 2 heterocycles. The number of esters is 1. The lowest BCUT2D eigenvalue weighted by atomic mass is 10.0. The van der Waals surface area contributed by atoms with Crippen LogP contribution in [0.2, 0.25) is 0 Å². The topological polar surface area (TPSA) is 105 Å². The van der Waals surface area contributed by atoms with E-state index in [2.05, 4.69) is 22.5 Å². The van der Waals surface area contributed by atoms with Gasteiger partial charge in [0, 0.05) is 12.5 Å². The Morgan fingerprint density at radius 2 is 1.88 bits per heavy atom. The molecule has 9 nitrogen and oxygen atoms in total. The standard InChI is InChI=1S/C23H28N4O5/c1-6-32-23(29)18-12-24-27(22(18)26-20(28)13-31-8-7-30-5)19-11-15(3)17-10-14(2)9-16(4)21(17)25-19/h9-12H,6-8,13H2,1-5H3,(H,26,28). The van der Waals surface area contributed by atoms with E-state index in [1.165, 1.54) is 10.9 Å². The Kier molecular flexibility index (Phi) is 7.55. The predicted octanol–water partition coefficient (Wildman–Crippen LogP) is 3.12. The van der Waals surface area contributed by atoms with Crippen LogP contribution in [0.5, 0.6) is 0 Å². The molecule has 0 aliphatic heterocycles. The number of carbonyl (C=O) groups is 2. The first-order valence-electron chi connectivity index (χ1n) is 10.4. The zero-order chi connectivity index (χ0) is 23.3. The molecule has 0 atom stereocenters. The molecule has 32 heavy (non-hydrogen) atoms. The van der Waals surface area contributed by atoms with Crippen molar-refractivity contribution in [1.29, 1.82) is 0 Å². The van der Waals surface area contributed by atoms with E-state index in [1.54, 1.807) is 14.0 Å². The van der Waals surface area contributed by atoms with E-state index >= 15 is 0 Å². The maximum atomic E-state index is 12.5. The number of anilines is 1. The van der Waals surface area contributed by atoms with E-state index in [1.807, 2.05) is 26.8 Å². The fourth-order valence-electron chi connectivity index (χ4n) is 3.41. The molecule has 0 spiro atoms. The first-order chi connectivity index (χ1) is 15.3. The summed E-state index contributed by atoms with van der Waals surface area (Å²) in [6.45, 7) is 8.40. The van der Waals surface area contributed by atoms with Crippen LogP contribution in [0.1, 0.15) is 34.0 Å². The molecule has 9 heteroatoms. The number of pyridine rings is 1. The van der Waals surface area contributed by atoms with Crippen LogP contribution in [0.3, 0.4) is 0 Å². The van der Waals surface area contributed by atoms with Gasteiger partial charge in [-0.05, 0) is 51.0 Å². The number of nitrogens with zero attached hydrogens (tertiary/aromatic N) is 3. The number of aromatic nitrogens is 3. The minimum absolute atomic E-state index is 0.136. The molecule has 0 saturated heterocycles. The molecule has 1 amide bonds. The summed E-state index contributed by atoms with van der Waals surface area (Å²) < 4.78 is 16.8. The van der Waals surface area contributed by atoms with Gasteiger partial charge in [0.1, 0.15) is 12.2 Å². The van der Waals surface area contributed by atoms with Gasteiger partial charge in [-0.1, -0.05) is 11.6 Å². The minimum atomic E-state index is -0.585. The largest absolute Gasteiger partial charge is 0.462 e. The molecule has 0 bridgehead atoms. The summed E-state index contributed by atoms with van der Waals surface area (Å²) in [6.07, 6.45) is 1.36. The Balaban J connectivity index is 2.02. The fourth-order valence-corrected chi connectivity index (χ4v) is 3.41. The van der Waals surface area contributed by atoms with E-state index in [0.29, 0.717) is 12.4 Å². The number of fused-ring (bicyclic) bond motifs is 1. The Labute approximate surface area is 186 Å². The molecule has 0 radical (unpaired) electrons. The number of aryl methyl sites for hydroxylation is 3. The molecule has 3 aromatic rings. The maximum Gasteiger partial charge on any atom is 0.343 e. The first kappa shape index (κ1) is 23.4. The van der Waals surface area contributed by atoms with Gasteiger partial charge in [0.15, 0.2) is 11.6 Å². The number of carbonyl (C=O) groups excluding carboxylic acids is 2. The number of methoxy groups -OCH3 is 1. The van der Waals surface area contributed by atoms with Crippen molar-refractivity contribution in [3.63, 3.8) is 0 Å². The van der Waals surface area contributed by atoms with Crippen molar-refractivity contribution >= 4 is 28.6 Å². The molecule has 1 N–H and O–H groups in total. The van der Waals surface area contributed by atoms with Gasteiger partial charge in [-0.2, -0.15) is 9.78 Å². The molecule has 0 saturated carbocycles. The normalized spacial score (nSPS) is 11.0. The molecule has 0 unspecified atom stereocenters. The summed E-state index contributed by atoms with van der Waals surface area (Å²) in [7, 11) is 1.55. The van der Waals surface area contributed by atoms with Crippen LogP contribution in [0.25, 0.3) is 16.7 Å². The second kappa shape index (κ2) is 10.3. The maximum absolute atomic E-state index is 12.5. The Morgan fingerprint density at radius 1 is 1.09 bits per heavy atom. The molecule has 170 valence electrons. The monoisotopic (exact) mass is 440 g/mol. The number of nitrogens with one attached hydrogen (secondary N) is 1. The van der Waals surface area contributed by atoms with Gasteiger partial charge in [-0.25, -0.2) is 9.78 Å². The van der Waals surface area contributed by atoms with E-state index in [-0.39, 0.29) is 31.2 Å². The lowest BCUT2D eigenvalue weighted by Crippen LogP contribution is -2.23. The average molecular weight is 441 g/mol. The van der Waals surface area contributed by atoms with Crippen LogP contribution in [0.15, 0.2) is 24.4 Å². The molecular weight excluding hydrogens is 412 g/mol. The number of benzene rings is 1. The third kappa shape index (κ3) is 5.12. The summed E-state index contributed by atoms with van der Waals surface area (Å²) >= 11 is 0. The van der Waals surface area contributed by atoms with Gasteiger partial charge in [-0.15, -0.1) is 0 Å². The third-order valence-electron chi connectivity index (χ3n) is 4.85. The van der Waals surface area contributed by atoms with Gasteiger partial charge in [-0.3, -0.25) is 4.79 Å². The van der Waals surface area contributed by atoms with Crippen molar-refractivity contribution in [1.82, 2.24) is 14.8 Å². The summed E-state index contributed by atoms with van der Waals surface area (Å²) in [5.41, 5.74) is 4.15. The van der Waals surface area contributed by atoms with E-state index in [4.69, 9.17) is 19.2 Å². The third-order valence-corrected chi connectivity index (χ3v) is 4.85. The molecule has 0 fully saturated rings. The van der Waals surface area contributed by atoms with Crippen LogP contribution in [0, 0.1) is 20.8 Å². The quantitative estimate of drug-likeness (QED) is 0.403. The van der Waals surface area contributed by atoms with E-state index < -0.39 is 11.9 Å². The lowest BCUT2D eigenvalue weighted by Gasteiger charge is -2.13. The summed E-state index contributed by atoms with van der Waals surface area (Å²) in [4.78, 5) is 29.7. The number of rotatable bonds is 9. The second-order valence-corrected chi connectivity index (χ2v) is 7.41. The highest BCUT2D eigenvalue weighted by Gasteiger charge is 2.23. The molecule has 0 aliphatic rings. The van der Waals surface area contributed by atoms with E-state index in [0.717, 1.165) is 27.6 Å². The Morgan fingerprint density at radius 3 is 2.59 bits per heavy atom. The predicted molar refractivity (Wildman–Crippen MR) is 120 cm³/mol. The summed E-state index contributed by atoms with van der Waals surface area (Å²) in [6, 6.07) is 6.02. The number of amides is 1. The number of ether oxygens (including phenoxy) is 3. The van der Waals surface area contributed by atoms with Crippen LogP contribution in [-0.2, 0) is 19.0 Å². The van der Waals surface area contributed by atoms with Crippen LogP contribution in [-0.4, -0.2) is 60.2 Å². The molecular formula is C23H28N4O5. The van der Waals surface area contributed by atoms with Crippen molar-refractivity contribution in [2.45, 2.75) is 27.7 Å². The van der Waals surface area contributed by atoms with Crippen LogP contribution >= 0.6 is 0 Å². The average Bonchev–Trinajstić information content (AvgIpc) is 3.15. The lowest BCUT2D eigenvalue weighted by molar-refractivity contribution is -0.121. The van der Waals surface area contributed by atoms with E-state index in [9.17, 15) is 9.59 Å². The van der Waals surface area contributed by atoms with Crippen molar-refractivity contribution in [3.05, 3.63) is 46.6 Å². The van der Waals surface area contributed by atoms with Crippen LogP contribution in [0.4, 0.5) is 5.82 Å². The zero-order valence-corrected chi connectivity index (χ0v) is 19.0. The fraction of sp³-hybridized carbons (Fsp3) is 0.391. The molecule has 2 aromatic heterocycles. The van der Waals surface area contributed by atoms with Crippen molar-refractivity contribution in [2.24, 2.45) is 0 Å². The highest BCUT2D eigenvalue weighted by atomic mass is 16.5. The minimum Gasteiger partial charge on any atom is -0.462 e. The first-order valence-corrected chi connectivity index (χ1v) is 10.4. The number of hydrogen-bond acceptors (Lipinski definition) is 7. The van der Waals surface area contributed by atoms with Gasteiger partial charge >= 0.3 is 5.97 Å². The number of hydrogen-bond donors (Lipinski definition) is 1. The second-order valence-electron chi connectivity index (χ2n) is 7.41. The molecule has 1 aromatic carbocycles. The SMILES string of the molecule is CCOC(=O)c1cnn(-c2cc(C)c3cc(C)cc(C)c3n2)c1NC(=O)COCCOC. The van der Waals surface area contributed by atoms with Gasteiger partial charge in [0.25, 0.3) is 5.91 Å². The summed E-state index contributed by atoms with van der Waals surface area (Å²) in [5, 5.41) is 8.09. The summed E-state index contributed by atoms with van der Waals surface area (Å²) in [5.74, 6) is -0.357. The highest BCUT2D eigenvalue weighted by Crippen LogP contribution is 2.27. The smallest absolute Gasteiger partial charge is 0.343 e. The van der Waals surface area contributed by atoms with Gasteiger partial charge < -0.3 is 19.5 Å².